The van der Waals surface area contributed by atoms with Gasteiger partial charge >= 0.3 is 23.9 Å². The summed E-state index contributed by atoms with van der Waals surface area (Å²) in [6, 6.07) is -11.6. The molecule has 4 aromatic heterocycles. The van der Waals surface area contributed by atoms with E-state index in [1.165, 1.54) is 67.2 Å². The van der Waals surface area contributed by atoms with Gasteiger partial charge in [0.15, 0.2) is 0 Å². The highest BCUT2D eigenvalue weighted by Crippen LogP contribution is 2.22. The monoisotopic (exact) mass is 1350 g/mol. The molecule has 0 unspecified atom stereocenters. The van der Waals surface area contributed by atoms with Crippen LogP contribution in [-0.4, -0.2) is 248 Å². The van der Waals surface area contributed by atoms with Gasteiger partial charge in [-0.15, -0.1) is 20.4 Å². The van der Waals surface area contributed by atoms with Crippen LogP contribution in [0.4, 0.5) is 0 Å². The molecule has 7 rings (SSSR count). The number of carboxylic acid groups (broad SMARTS) is 4. The summed E-state index contributed by atoms with van der Waals surface area (Å²) in [6.45, 7) is 1.42. The first-order valence-electron chi connectivity index (χ1n) is 31.2. The van der Waals surface area contributed by atoms with Gasteiger partial charge in [0.05, 0.1) is 35.9 Å². The Bertz CT molecular complexity index is 3270. The Labute approximate surface area is 546 Å². The first-order valence-corrected chi connectivity index (χ1v) is 31.2. The van der Waals surface area contributed by atoms with E-state index < -0.39 is 144 Å². The summed E-state index contributed by atoms with van der Waals surface area (Å²) >= 11 is 0. The molecule has 520 valence electrons. The molecule has 0 spiro atoms. The second-order valence-corrected chi connectivity index (χ2v) is 23.3. The predicted octanol–water partition coefficient (Wildman–Crippen LogP) is -6.04. The largest absolute Gasteiger partial charge is 0.481 e. The summed E-state index contributed by atoms with van der Waals surface area (Å²) < 4.78 is 5.32. The minimum atomic E-state index is -1.55. The minimum absolute atomic E-state index is 0.0216. The lowest BCUT2D eigenvalue weighted by atomic mass is 10.1. The normalized spacial score (nSPS) is 22.5. The number of carbonyl (C=O) groups is 14. The van der Waals surface area contributed by atoms with Gasteiger partial charge in [-0.2, -0.15) is 0 Å². The number of carboxylic acids is 4. The van der Waals surface area contributed by atoms with Crippen LogP contribution >= 0.6 is 0 Å². The molecule has 4 aromatic rings. The number of hydrogen-bond donors (Lipinski definition) is 12. The van der Waals surface area contributed by atoms with Gasteiger partial charge in [0.2, 0.25) is 59.1 Å². The van der Waals surface area contributed by atoms with E-state index >= 15 is 0 Å². The van der Waals surface area contributed by atoms with Gasteiger partial charge in [0, 0.05) is 115 Å². The van der Waals surface area contributed by atoms with Gasteiger partial charge in [0.25, 0.3) is 0 Å². The molecule has 0 radical (unpaired) electrons. The highest BCUT2D eigenvalue weighted by Gasteiger charge is 2.41. The van der Waals surface area contributed by atoms with E-state index in [1.54, 1.807) is 0 Å². The van der Waals surface area contributed by atoms with E-state index in [4.69, 9.17) is 10.2 Å². The van der Waals surface area contributed by atoms with Gasteiger partial charge in [-0.25, -0.2) is 0 Å². The Morgan fingerprint density at radius 3 is 0.990 bits per heavy atom. The molecule has 40 heteroatoms. The summed E-state index contributed by atoms with van der Waals surface area (Å²) in [7, 11) is 0. The van der Waals surface area contributed by atoms with Crippen molar-refractivity contribution in [1.82, 2.24) is 112 Å². The zero-order valence-corrected chi connectivity index (χ0v) is 52.7. The Kier molecular flexibility index (Phi) is 26.4. The molecule has 0 aromatic carbocycles. The van der Waals surface area contributed by atoms with Gasteiger partial charge in [0.1, 0.15) is 48.3 Å². The third kappa shape index (κ3) is 22.1. The zero-order valence-electron chi connectivity index (χ0n) is 52.7. The van der Waals surface area contributed by atoms with Crippen LogP contribution in [0.1, 0.15) is 114 Å². The van der Waals surface area contributed by atoms with Crippen molar-refractivity contribution in [2.75, 3.05) is 26.2 Å². The minimum Gasteiger partial charge on any atom is -0.481 e. The molecule has 0 aliphatic carbocycles. The van der Waals surface area contributed by atoms with Gasteiger partial charge in [-0.3, -0.25) is 85.9 Å². The number of aliphatic carboxylic acids is 4. The number of nitrogens with one attached hydrogen (secondary N) is 8. The third-order valence-corrected chi connectivity index (χ3v) is 15.7. The summed E-state index contributed by atoms with van der Waals surface area (Å²) in [5, 5.41) is 89.4. The number of amides is 10. The van der Waals surface area contributed by atoms with Crippen LogP contribution in [-0.2, 0) is 119 Å². The lowest BCUT2D eigenvalue weighted by Crippen LogP contribution is -2.59. The summed E-state index contributed by atoms with van der Waals surface area (Å²) in [5.74, 6) is -13.2. The molecule has 3 aliphatic rings. The fourth-order valence-electron chi connectivity index (χ4n) is 10.8. The van der Waals surface area contributed by atoms with Gasteiger partial charge in [-0.05, 0) is 65.2 Å². The average molecular weight is 1350 g/mol. The van der Waals surface area contributed by atoms with Crippen LogP contribution in [0, 0.1) is 0 Å². The van der Waals surface area contributed by atoms with Gasteiger partial charge in [-0.1, -0.05) is 20.9 Å². The maximum Gasteiger partial charge on any atom is 0.303 e. The lowest BCUT2D eigenvalue weighted by Gasteiger charge is -2.30. The molecule has 3 fully saturated rings. The van der Waals surface area contributed by atoms with Crippen LogP contribution in [0.25, 0.3) is 0 Å². The average Bonchev–Trinajstić information content (AvgIpc) is 1.60. The van der Waals surface area contributed by atoms with Crippen molar-refractivity contribution in [1.29, 1.82) is 0 Å². The number of hydrogen-bond acceptors (Lipinski definition) is 22. The number of carbonyl (C=O) groups excluding carboxylic acids is 10. The van der Waals surface area contributed by atoms with Crippen LogP contribution in [0.3, 0.4) is 0 Å². The fraction of sp³-hybridized carbons (Fsp3) is 0.607. The Morgan fingerprint density at radius 1 is 0.406 bits per heavy atom. The number of rotatable bonds is 24. The second kappa shape index (κ2) is 34.9. The van der Waals surface area contributed by atoms with E-state index in [-0.39, 0.29) is 165 Å². The van der Waals surface area contributed by atoms with Crippen LogP contribution < -0.4 is 42.5 Å². The van der Waals surface area contributed by atoms with Crippen molar-refractivity contribution in [3.8, 4) is 0 Å². The maximum atomic E-state index is 14.8. The van der Waals surface area contributed by atoms with Crippen molar-refractivity contribution in [2.24, 2.45) is 0 Å². The first-order chi connectivity index (χ1) is 45.8. The molecule has 10 amide bonds. The summed E-state index contributed by atoms with van der Waals surface area (Å²) in [4.78, 5) is 190. The highest BCUT2D eigenvalue weighted by atomic mass is 16.4. The first kappa shape index (κ1) is 72.6. The molecule has 8 atom stereocenters. The van der Waals surface area contributed by atoms with E-state index in [9.17, 15) is 77.3 Å². The van der Waals surface area contributed by atoms with E-state index in [1.807, 2.05) is 0 Å². The van der Waals surface area contributed by atoms with Crippen LogP contribution in [0.15, 0.2) is 24.8 Å². The van der Waals surface area contributed by atoms with Crippen molar-refractivity contribution >= 4 is 82.9 Å². The molecular weight excluding hydrogens is 1270 g/mol. The SMILES string of the molecule is C[C@@H]1NC(=O)[C@H](Cc2cn(CCCC(=O)O)nn2)NC(=O)CNC(=O)[C@@H]2CCCN2C(=O)[C@H](Cc2cn(CCCC(=O)O)nn2)NC(=O)[C@H](C)NC(=O)[C@H](Cc2cn(CCCC(=O)O)nn2)NC(=O)CNC(=O)[C@@H]2CCCN2C(=O)[C@H](Cc2cn(CCCC(=O)O)nn2)NC1=O. The standard InChI is InChI=1S/C56H78N22O18/c1-31-49(89)63-39(23-35-29-75(71-67-35)17-7-13-47(85)86)55(95)77-19-3-9-41(77)53(93)58-26-44(80)62-38(22-34-28-74(70-66-34)16-6-12-46(83)84)52(92)60-32(2)50(90)64-40(24-36-30-76(72-68-36)18-8-14-48(87)88)56(96)78-20-4-10-42(78)54(94)57-25-43(79)61-37(51(91)59-31)21-33-27-73(69-65-33)15-5-11-45(81)82/h27-32,37-42H,3-26H2,1-2H3,(H,57,94)(H,58,93)(H,59,91)(H,60,92)(H,61,79)(H,62,80)(H,63,89)(H,64,90)(H,81,82)(H,83,84)(H,85,86)(H,87,88)/t31-,32-,37-,38-,39-,40-,41-,42-/m0/s1. The fourth-order valence-corrected chi connectivity index (χ4v) is 10.8. The van der Waals surface area contributed by atoms with E-state index in [0.29, 0.717) is 0 Å². The Balaban J connectivity index is 1.19. The zero-order chi connectivity index (χ0) is 69.6. The molecule has 3 saturated heterocycles. The third-order valence-electron chi connectivity index (χ3n) is 15.7. The van der Waals surface area contributed by atoms with Crippen LogP contribution in [0.2, 0.25) is 0 Å². The number of fused-ring (bicyclic) bond motifs is 2. The van der Waals surface area contributed by atoms with Crippen molar-refractivity contribution in [3.63, 3.8) is 0 Å². The predicted molar refractivity (Wildman–Crippen MR) is 321 cm³/mol. The molecule has 0 saturated carbocycles. The van der Waals surface area contributed by atoms with Crippen molar-refractivity contribution in [3.05, 3.63) is 47.6 Å². The second-order valence-electron chi connectivity index (χ2n) is 23.3. The van der Waals surface area contributed by atoms with E-state index in [0.717, 1.165) is 0 Å². The Morgan fingerprint density at radius 2 is 0.698 bits per heavy atom. The molecular formula is C56H78N22O18. The molecule has 0 bridgehead atoms. The quantitative estimate of drug-likeness (QED) is 0.0311. The number of nitrogens with zero attached hydrogens (tertiary/aromatic N) is 14. The lowest BCUT2D eigenvalue weighted by molar-refractivity contribution is -0.142. The van der Waals surface area contributed by atoms with E-state index in [2.05, 4.69) is 83.8 Å². The smallest absolute Gasteiger partial charge is 0.303 e. The highest BCUT2D eigenvalue weighted by molar-refractivity contribution is 5.99. The summed E-state index contributed by atoms with van der Waals surface area (Å²) in [6.07, 6.45) is 4.84. The molecule has 3 aliphatic heterocycles. The topological polar surface area (TPSA) is 545 Å². The van der Waals surface area contributed by atoms with Crippen molar-refractivity contribution in [2.45, 2.75) is 191 Å². The van der Waals surface area contributed by atoms with Crippen LogP contribution in [0.5, 0.6) is 0 Å². The number of aryl methyl sites for hydroxylation is 4. The molecule has 96 heavy (non-hydrogen) atoms. The Hall–Kier alpha value is -10.9. The number of aromatic nitrogens is 12. The molecule has 12 N–H and O–H groups in total. The molecule has 7 heterocycles. The summed E-state index contributed by atoms with van der Waals surface area (Å²) in [5.41, 5.74) is 0.559. The van der Waals surface area contributed by atoms with Crippen molar-refractivity contribution < 1.29 is 87.5 Å². The van der Waals surface area contributed by atoms with Gasteiger partial charge < -0.3 is 72.8 Å². The maximum absolute atomic E-state index is 14.8. The molecule has 40 nitrogen and oxygen atoms in total.